The normalized spacial score (nSPS) is 20.7. The summed E-state index contributed by atoms with van der Waals surface area (Å²) in [5, 5.41) is 12.4. The van der Waals surface area contributed by atoms with Gasteiger partial charge in [0.25, 0.3) is 5.91 Å². The fraction of sp³-hybridized carbons (Fsp3) is 0.310. The molecule has 8 heteroatoms. The molecule has 1 saturated carbocycles. The molecule has 0 spiro atoms. The first kappa shape index (κ1) is 25.0. The van der Waals surface area contributed by atoms with Gasteiger partial charge in [-0.15, -0.1) is 0 Å². The van der Waals surface area contributed by atoms with Crippen molar-refractivity contribution in [2.75, 3.05) is 6.61 Å². The number of carboxylic acid groups (broad SMARTS) is 1. The molecule has 0 aromatic heterocycles. The minimum absolute atomic E-state index is 0.0978. The maximum Gasteiger partial charge on any atom is 0.506 e. The Bertz CT molecular complexity index is 1260. The standard InChI is InChI=1S/C29H28ClNO6/c30-24-16-23-25(37-29(33)34)14-15-35-26(23)17-27(24)36-22-12-8-20(9-13-22)28(32)31-21-10-6-19(7-11-21)18-4-2-1-3-5-18/h1-5,8-9,12-13,16-17,19,21,25H,6-7,10-11,14-15H2,(H,31,32)(H,33,34)/t19-,21+,25?. The van der Waals surface area contributed by atoms with Crippen LogP contribution in [0.5, 0.6) is 17.2 Å². The minimum atomic E-state index is -1.35. The summed E-state index contributed by atoms with van der Waals surface area (Å²) < 4.78 is 16.5. The van der Waals surface area contributed by atoms with E-state index in [1.54, 1.807) is 36.4 Å². The molecule has 5 rings (SSSR count). The summed E-state index contributed by atoms with van der Waals surface area (Å²) in [6.07, 6.45) is 2.48. The molecule has 3 aromatic carbocycles. The number of carbonyl (C=O) groups is 2. The average molecular weight is 522 g/mol. The molecule has 1 atom stereocenters. The molecule has 1 fully saturated rings. The lowest BCUT2D eigenvalue weighted by atomic mass is 9.82. The van der Waals surface area contributed by atoms with Gasteiger partial charge >= 0.3 is 6.16 Å². The number of fused-ring (bicyclic) bond motifs is 1. The summed E-state index contributed by atoms with van der Waals surface area (Å²) >= 11 is 6.40. The number of halogens is 1. The van der Waals surface area contributed by atoms with Crippen LogP contribution < -0.4 is 14.8 Å². The van der Waals surface area contributed by atoms with Gasteiger partial charge in [0.05, 0.1) is 11.6 Å². The van der Waals surface area contributed by atoms with Crippen LogP contribution in [0.1, 0.15) is 65.6 Å². The lowest BCUT2D eigenvalue weighted by molar-refractivity contribution is 0.0326. The number of rotatable bonds is 6. The van der Waals surface area contributed by atoms with E-state index in [9.17, 15) is 9.59 Å². The van der Waals surface area contributed by atoms with Gasteiger partial charge in [0.2, 0.25) is 0 Å². The van der Waals surface area contributed by atoms with Crippen LogP contribution in [0.25, 0.3) is 0 Å². The summed E-state index contributed by atoms with van der Waals surface area (Å²) in [6, 6.07) is 20.8. The fourth-order valence-corrected chi connectivity index (χ4v) is 5.26. The van der Waals surface area contributed by atoms with E-state index in [2.05, 4.69) is 29.6 Å². The van der Waals surface area contributed by atoms with Gasteiger partial charge < -0.3 is 24.6 Å². The minimum Gasteiger partial charge on any atom is -0.493 e. The van der Waals surface area contributed by atoms with Gasteiger partial charge in [-0.3, -0.25) is 4.79 Å². The summed E-state index contributed by atoms with van der Waals surface area (Å²) in [7, 11) is 0. The third-order valence-corrected chi connectivity index (χ3v) is 7.26. The van der Waals surface area contributed by atoms with E-state index in [0.717, 1.165) is 25.7 Å². The van der Waals surface area contributed by atoms with E-state index in [0.29, 0.717) is 52.3 Å². The van der Waals surface area contributed by atoms with Gasteiger partial charge in [0.1, 0.15) is 23.4 Å². The number of hydrogen-bond donors (Lipinski definition) is 2. The Morgan fingerprint density at radius 2 is 1.68 bits per heavy atom. The second-order valence-corrected chi connectivity index (χ2v) is 9.80. The van der Waals surface area contributed by atoms with Gasteiger partial charge in [0, 0.05) is 29.7 Å². The van der Waals surface area contributed by atoms with Crippen molar-refractivity contribution < 1.29 is 28.9 Å². The molecule has 0 saturated heterocycles. The maximum absolute atomic E-state index is 12.8. The zero-order valence-electron chi connectivity index (χ0n) is 20.2. The average Bonchev–Trinajstić information content (AvgIpc) is 2.91. The predicted molar refractivity (Wildman–Crippen MR) is 139 cm³/mol. The van der Waals surface area contributed by atoms with Crippen LogP contribution in [0, 0.1) is 0 Å². The molecule has 192 valence electrons. The lowest BCUT2D eigenvalue weighted by Gasteiger charge is -2.29. The first-order chi connectivity index (χ1) is 18.0. The summed E-state index contributed by atoms with van der Waals surface area (Å²) in [6.45, 7) is 0.323. The van der Waals surface area contributed by atoms with Gasteiger partial charge in [-0.2, -0.15) is 0 Å². The van der Waals surface area contributed by atoms with Gasteiger partial charge in [0.15, 0.2) is 0 Å². The number of amides is 1. The lowest BCUT2D eigenvalue weighted by Crippen LogP contribution is -2.37. The quantitative estimate of drug-likeness (QED) is 0.336. The number of nitrogens with one attached hydrogen (secondary N) is 1. The van der Waals surface area contributed by atoms with E-state index < -0.39 is 12.3 Å². The SMILES string of the molecule is O=C(O)OC1CCOc2cc(Oc3ccc(C(=O)N[C@H]4CC[C@@H](c5ccccc5)CC4)cc3)c(Cl)cc21. The molecule has 3 aromatic rings. The molecule has 1 unspecified atom stereocenters. The van der Waals surface area contributed by atoms with Crippen LogP contribution in [0.15, 0.2) is 66.7 Å². The van der Waals surface area contributed by atoms with Gasteiger partial charge in [-0.25, -0.2) is 4.79 Å². The molecule has 1 amide bonds. The third kappa shape index (κ3) is 6.00. The Balaban J connectivity index is 1.18. The Morgan fingerprint density at radius 1 is 0.946 bits per heavy atom. The predicted octanol–water partition coefficient (Wildman–Crippen LogP) is 7.11. The highest BCUT2D eigenvalue weighted by Gasteiger charge is 2.27. The van der Waals surface area contributed by atoms with Crippen LogP contribution >= 0.6 is 11.6 Å². The van der Waals surface area contributed by atoms with E-state index in [1.807, 2.05) is 6.07 Å². The zero-order chi connectivity index (χ0) is 25.8. The number of benzene rings is 3. The smallest absolute Gasteiger partial charge is 0.493 e. The van der Waals surface area contributed by atoms with Crippen molar-refractivity contribution in [1.82, 2.24) is 5.32 Å². The van der Waals surface area contributed by atoms with Crippen molar-refractivity contribution in [3.8, 4) is 17.2 Å². The Kier molecular flexibility index (Phi) is 7.51. The highest BCUT2D eigenvalue weighted by Crippen LogP contribution is 2.42. The Labute approximate surface area is 220 Å². The monoisotopic (exact) mass is 521 g/mol. The van der Waals surface area contributed by atoms with Crippen LogP contribution in [0.2, 0.25) is 5.02 Å². The number of ether oxygens (including phenoxy) is 3. The third-order valence-electron chi connectivity index (χ3n) is 6.97. The molecule has 37 heavy (non-hydrogen) atoms. The molecule has 1 aliphatic heterocycles. The van der Waals surface area contributed by atoms with Crippen LogP contribution in [0.3, 0.4) is 0 Å². The van der Waals surface area contributed by atoms with Crippen molar-refractivity contribution in [3.05, 3.63) is 88.4 Å². The molecule has 2 N–H and O–H groups in total. The van der Waals surface area contributed by atoms with Crippen molar-refractivity contribution in [2.24, 2.45) is 0 Å². The molecule has 0 bridgehead atoms. The largest absolute Gasteiger partial charge is 0.506 e. The van der Waals surface area contributed by atoms with Crippen LogP contribution in [-0.2, 0) is 4.74 Å². The first-order valence-corrected chi connectivity index (χ1v) is 12.8. The van der Waals surface area contributed by atoms with Crippen molar-refractivity contribution in [2.45, 2.75) is 50.2 Å². The number of carbonyl (C=O) groups excluding carboxylic acids is 1. The molecule has 0 radical (unpaired) electrons. The topological polar surface area (TPSA) is 94.1 Å². The van der Waals surface area contributed by atoms with Crippen molar-refractivity contribution >= 4 is 23.7 Å². The van der Waals surface area contributed by atoms with Crippen molar-refractivity contribution in [1.29, 1.82) is 0 Å². The molecule has 2 aliphatic rings. The summed E-state index contributed by atoms with van der Waals surface area (Å²) in [5.74, 6) is 1.80. The van der Waals surface area contributed by atoms with Crippen LogP contribution in [-0.4, -0.2) is 29.8 Å². The summed E-state index contributed by atoms with van der Waals surface area (Å²) in [4.78, 5) is 23.8. The highest BCUT2D eigenvalue weighted by molar-refractivity contribution is 6.32. The fourth-order valence-electron chi connectivity index (χ4n) is 5.05. The molecule has 1 aliphatic carbocycles. The first-order valence-electron chi connectivity index (χ1n) is 12.5. The zero-order valence-corrected chi connectivity index (χ0v) is 20.9. The van der Waals surface area contributed by atoms with Crippen LogP contribution in [0.4, 0.5) is 4.79 Å². The molecule has 7 nitrogen and oxygen atoms in total. The molecular weight excluding hydrogens is 494 g/mol. The second-order valence-electron chi connectivity index (χ2n) is 9.39. The van der Waals surface area contributed by atoms with Crippen molar-refractivity contribution in [3.63, 3.8) is 0 Å². The van der Waals surface area contributed by atoms with E-state index >= 15 is 0 Å². The van der Waals surface area contributed by atoms with E-state index in [1.165, 1.54) is 5.56 Å². The van der Waals surface area contributed by atoms with E-state index in [-0.39, 0.29) is 11.9 Å². The Hall–Kier alpha value is -3.71. The number of hydrogen-bond acceptors (Lipinski definition) is 5. The Morgan fingerprint density at radius 3 is 2.38 bits per heavy atom. The second kappa shape index (κ2) is 11.1. The van der Waals surface area contributed by atoms with Gasteiger partial charge in [-0.05, 0) is 67.5 Å². The van der Waals surface area contributed by atoms with Gasteiger partial charge in [-0.1, -0.05) is 41.9 Å². The highest BCUT2D eigenvalue weighted by atomic mass is 35.5. The van der Waals surface area contributed by atoms with E-state index in [4.69, 9.17) is 30.9 Å². The summed E-state index contributed by atoms with van der Waals surface area (Å²) in [5.41, 5.74) is 2.50. The maximum atomic E-state index is 12.8. The molecule has 1 heterocycles. The molecular formula is C29H28ClNO6.